The highest BCUT2D eigenvalue weighted by Gasteiger charge is 2.35. The van der Waals surface area contributed by atoms with Crippen LogP contribution in [0.25, 0.3) is 0 Å². The normalized spacial score (nSPS) is 12.8. The number of nitrogens with zero attached hydrogens (tertiary/aromatic N) is 1. The Morgan fingerprint density at radius 3 is 1.81 bits per heavy atom. The van der Waals surface area contributed by atoms with Crippen LogP contribution in [-0.4, -0.2) is 66.8 Å². The van der Waals surface area contributed by atoms with Crippen LogP contribution >= 0.6 is 0 Å². The van der Waals surface area contributed by atoms with Crippen LogP contribution in [0.4, 0.5) is 4.79 Å². The second kappa shape index (κ2) is 8.08. The van der Waals surface area contributed by atoms with Crippen molar-refractivity contribution in [2.75, 3.05) is 27.3 Å². The molecule has 9 nitrogen and oxygen atoms in total. The van der Waals surface area contributed by atoms with E-state index in [1.165, 1.54) is 6.92 Å². The molecular weight excluding hydrogens is 284 g/mol. The molecule has 1 atom stereocenters. The lowest BCUT2D eigenvalue weighted by Crippen LogP contribution is -2.57. The summed E-state index contributed by atoms with van der Waals surface area (Å²) in [6.45, 7) is 1.90. The third-order valence-corrected chi connectivity index (χ3v) is 2.94. The maximum atomic E-state index is 12.1. The number of carboxylic acids is 1. The van der Waals surface area contributed by atoms with Crippen LogP contribution in [0.3, 0.4) is 0 Å². The minimum atomic E-state index is -1.51. The van der Waals surface area contributed by atoms with Crippen molar-refractivity contribution in [3.63, 3.8) is 0 Å². The average molecular weight is 304 g/mol. The van der Waals surface area contributed by atoms with Crippen molar-refractivity contribution in [2.24, 2.45) is 0 Å². The lowest BCUT2D eigenvalue weighted by atomic mass is 10.00. The van der Waals surface area contributed by atoms with Crippen molar-refractivity contribution in [3.05, 3.63) is 0 Å². The predicted molar refractivity (Wildman–Crippen MR) is 70.5 cm³/mol. The fourth-order valence-corrected chi connectivity index (χ4v) is 1.25. The zero-order valence-corrected chi connectivity index (χ0v) is 12.5. The molecule has 0 saturated heterocycles. The Bertz CT molecular complexity index is 406. The topological polar surface area (TPSA) is 122 Å². The molecule has 2 N–H and O–H groups in total. The summed E-state index contributed by atoms with van der Waals surface area (Å²) in [6, 6.07) is -0.877. The van der Waals surface area contributed by atoms with E-state index in [4.69, 9.17) is 5.11 Å². The fraction of sp³-hybridized carbons (Fsp3) is 0.667. The van der Waals surface area contributed by atoms with Crippen LogP contribution < -0.4 is 5.32 Å². The van der Waals surface area contributed by atoms with Gasteiger partial charge in [0.25, 0.3) is 0 Å². The van der Waals surface area contributed by atoms with Crippen LogP contribution in [0, 0.1) is 0 Å². The number of hydrogen-bond acceptors (Lipinski definition) is 6. The number of carbonyl (C=O) groups excluding carboxylic acids is 3. The van der Waals surface area contributed by atoms with E-state index in [9.17, 15) is 19.2 Å². The van der Waals surface area contributed by atoms with E-state index < -0.39 is 42.6 Å². The van der Waals surface area contributed by atoms with Gasteiger partial charge in [-0.3, -0.25) is 9.59 Å². The molecule has 0 aliphatic heterocycles. The summed E-state index contributed by atoms with van der Waals surface area (Å²) in [7, 11) is 2.26. The van der Waals surface area contributed by atoms with E-state index in [2.05, 4.69) is 14.8 Å². The molecule has 0 aromatic rings. The van der Waals surface area contributed by atoms with E-state index in [0.29, 0.717) is 0 Å². The van der Waals surface area contributed by atoms with E-state index in [-0.39, 0.29) is 6.42 Å². The van der Waals surface area contributed by atoms with Crippen molar-refractivity contribution in [1.82, 2.24) is 10.2 Å². The fourth-order valence-electron chi connectivity index (χ4n) is 1.25. The predicted octanol–water partition coefficient (Wildman–Crippen LogP) is -0.403. The van der Waals surface area contributed by atoms with E-state index >= 15 is 0 Å². The number of nitrogens with one attached hydrogen (secondary N) is 1. The van der Waals surface area contributed by atoms with Gasteiger partial charge in [0.05, 0.1) is 14.2 Å². The Morgan fingerprint density at radius 2 is 1.52 bits per heavy atom. The highest BCUT2D eigenvalue weighted by molar-refractivity contribution is 5.89. The summed E-state index contributed by atoms with van der Waals surface area (Å²) < 4.78 is 8.84. The van der Waals surface area contributed by atoms with E-state index in [1.54, 1.807) is 6.92 Å². The molecule has 0 heterocycles. The Kier molecular flexibility index (Phi) is 7.18. The number of hydrogen-bond donors (Lipinski definition) is 2. The quantitative estimate of drug-likeness (QED) is 0.613. The maximum absolute atomic E-state index is 12.1. The summed E-state index contributed by atoms with van der Waals surface area (Å²) in [5.41, 5.74) is -1.51. The molecule has 1 unspecified atom stereocenters. The summed E-state index contributed by atoms with van der Waals surface area (Å²) in [6.07, 6.45) is 0.123. The number of aliphatic carboxylic acids is 1. The number of carbonyl (C=O) groups is 4. The van der Waals surface area contributed by atoms with Crippen LogP contribution in [-0.2, 0) is 23.9 Å². The molecule has 0 spiro atoms. The lowest BCUT2D eigenvalue weighted by Gasteiger charge is -2.28. The van der Waals surface area contributed by atoms with Gasteiger partial charge in [0.1, 0.15) is 18.6 Å². The molecule has 0 aliphatic rings. The van der Waals surface area contributed by atoms with Gasteiger partial charge in [-0.15, -0.1) is 0 Å². The Morgan fingerprint density at radius 1 is 1.10 bits per heavy atom. The number of ether oxygens (including phenoxy) is 2. The molecular formula is C12H20N2O7. The third kappa shape index (κ3) is 5.67. The number of amides is 2. The highest BCUT2D eigenvalue weighted by Crippen LogP contribution is 2.10. The Labute approximate surface area is 122 Å². The molecule has 120 valence electrons. The van der Waals surface area contributed by atoms with Gasteiger partial charge in [-0.2, -0.15) is 0 Å². The number of rotatable bonds is 7. The number of methoxy groups -OCH3 is 2. The minimum absolute atomic E-state index is 0.123. The largest absolute Gasteiger partial charge is 0.480 e. The first-order chi connectivity index (χ1) is 9.69. The molecule has 0 rings (SSSR count). The maximum Gasteiger partial charge on any atom is 0.329 e. The summed E-state index contributed by atoms with van der Waals surface area (Å²) in [5.74, 6) is -2.72. The zero-order valence-electron chi connectivity index (χ0n) is 12.5. The first kappa shape index (κ1) is 18.7. The van der Waals surface area contributed by atoms with Crippen molar-refractivity contribution < 1.29 is 33.8 Å². The SMILES string of the molecule is CCC(C)(NC(=O)N(CC(=O)OC)CC(=O)OC)C(=O)O. The van der Waals surface area contributed by atoms with Crippen LogP contribution in [0.2, 0.25) is 0 Å². The first-order valence-corrected chi connectivity index (χ1v) is 6.14. The van der Waals surface area contributed by atoms with Crippen molar-refractivity contribution in [3.8, 4) is 0 Å². The molecule has 2 amide bonds. The monoisotopic (exact) mass is 304 g/mol. The van der Waals surface area contributed by atoms with Crippen molar-refractivity contribution >= 4 is 23.9 Å². The summed E-state index contributed by atoms with van der Waals surface area (Å²) in [5, 5.41) is 11.4. The van der Waals surface area contributed by atoms with Gasteiger partial charge in [0.2, 0.25) is 0 Å². The standard InChI is InChI=1S/C12H20N2O7/c1-5-12(2,10(17)18)13-11(19)14(6-8(15)20-3)7-9(16)21-4/h5-7H2,1-4H3,(H,13,19)(H,17,18). The second-order valence-electron chi connectivity index (χ2n) is 4.43. The molecule has 0 aromatic heterocycles. The lowest BCUT2D eigenvalue weighted by molar-refractivity contribution is -0.144. The minimum Gasteiger partial charge on any atom is -0.480 e. The van der Waals surface area contributed by atoms with Crippen molar-refractivity contribution in [2.45, 2.75) is 25.8 Å². The number of esters is 2. The van der Waals surface area contributed by atoms with Gasteiger partial charge < -0.3 is 24.8 Å². The molecule has 0 bridgehead atoms. The van der Waals surface area contributed by atoms with Gasteiger partial charge in [0.15, 0.2) is 0 Å². The van der Waals surface area contributed by atoms with Crippen molar-refractivity contribution in [1.29, 1.82) is 0 Å². The summed E-state index contributed by atoms with van der Waals surface area (Å²) >= 11 is 0. The molecule has 9 heteroatoms. The van der Waals surface area contributed by atoms with E-state index in [0.717, 1.165) is 19.1 Å². The van der Waals surface area contributed by atoms with Crippen LogP contribution in [0.15, 0.2) is 0 Å². The molecule has 21 heavy (non-hydrogen) atoms. The molecule has 0 fully saturated rings. The Hall–Kier alpha value is -2.32. The second-order valence-corrected chi connectivity index (χ2v) is 4.43. The highest BCUT2D eigenvalue weighted by atomic mass is 16.5. The van der Waals surface area contributed by atoms with Gasteiger partial charge in [-0.05, 0) is 13.3 Å². The molecule has 0 saturated carbocycles. The van der Waals surface area contributed by atoms with Gasteiger partial charge in [-0.25, -0.2) is 9.59 Å². The smallest absolute Gasteiger partial charge is 0.329 e. The Balaban J connectivity index is 5.05. The summed E-state index contributed by atoms with van der Waals surface area (Å²) in [4.78, 5) is 46.5. The molecule has 0 aromatic carbocycles. The number of urea groups is 1. The number of carboxylic acid groups (broad SMARTS) is 1. The zero-order chi connectivity index (χ0) is 16.6. The molecule has 0 aliphatic carbocycles. The first-order valence-electron chi connectivity index (χ1n) is 6.14. The van der Waals surface area contributed by atoms with Crippen LogP contribution in [0.1, 0.15) is 20.3 Å². The van der Waals surface area contributed by atoms with E-state index in [1.807, 2.05) is 0 Å². The average Bonchev–Trinajstić information content (AvgIpc) is 2.45. The molecule has 0 radical (unpaired) electrons. The van der Waals surface area contributed by atoms with Gasteiger partial charge >= 0.3 is 23.9 Å². The third-order valence-electron chi connectivity index (χ3n) is 2.94. The van der Waals surface area contributed by atoms with Gasteiger partial charge in [-0.1, -0.05) is 6.92 Å². The van der Waals surface area contributed by atoms with Crippen LogP contribution in [0.5, 0.6) is 0 Å². The van der Waals surface area contributed by atoms with Gasteiger partial charge in [0, 0.05) is 0 Å².